The highest BCUT2D eigenvalue weighted by molar-refractivity contribution is 6.77. The number of rotatable bonds is 6. The van der Waals surface area contributed by atoms with Crippen LogP contribution in [0.15, 0.2) is 24.3 Å². The fourth-order valence-corrected chi connectivity index (χ4v) is 9.23. The van der Waals surface area contributed by atoms with Gasteiger partial charge in [0.15, 0.2) is 0 Å². The summed E-state index contributed by atoms with van der Waals surface area (Å²) in [5.74, 6) is 0. The molecule has 0 aromatic heterocycles. The second-order valence-corrected chi connectivity index (χ2v) is 14.0. The third-order valence-corrected chi connectivity index (χ3v) is 11.1. The maximum Gasteiger partial charge on any atom is 0.200 e. The van der Waals surface area contributed by atoms with Gasteiger partial charge in [0.1, 0.15) is 0 Å². The van der Waals surface area contributed by atoms with Crippen molar-refractivity contribution in [3.63, 3.8) is 0 Å². The van der Waals surface area contributed by atoms with Gasteiger partial charge in [-0.15, -0.1) is 0 Å². The van der Waals surface area contributed by atoms with E-state index in [2.05, 4.69) is 86.6 Å². The van der Waals surface area contributed by atoms with Crippen molar-refractivity contribution in [3.8, 4) is 0 Å². The molecular formula is C20H36OSi. The Kier molecular flexibility index (Phi) is 6.46. The molecule has 0 aliphatic carbocycles. The zero-order valence-corrected chi connectivity index (χ0v) is 17.2. The Labute approximate surface area is 139 Å². The topological polar surface area (TPSA) is 9.23 Å². The van der Waals surface area contributed by atoms with E-state index in [0.29, 0.717) is 16.6 Å². The minimum absolute atomic E-state index is 0.214. The first-order valence-corrected chi connectivity index (χ1v) is 10.9. The lowest BCUT2D eigenvalue weighted by Crippen LogP contribution is -2.47. The van der Waals surface area contributed by atoms with E-state index in [1.165, 1.54) is 11.1 Å². The van der Waals surface area contributed by atoms with E-state index in [9.17, 15) is 0 Å². The van der Waals surface area contributed by atoms with Crippen molar-refractivity contribution in [2.24, 2.45) is 0 Å². The lowest BCUT2D eigenvalue weighted by molar-refractivity contribution is 0.266. The van der Waals surface area contributed by atoms with Crippen LogP contribution in [0.2, 0.25) is 16.6 Å². The summed E-state index contributed by atoms with van der Waals surface area (Å²) in [5, 5.41) is 0. The van der Waals surface area contributed by atoms with Crippen LogP contribution in [0.25, 0.3) is 0 Å². The molecule has 0 spiro atoms. The molecule has 126 valence electrons. The molecule has 1 aromatic rings. The van der Waals surface area contributed by atoms with E-state index in [-0.39, 0.29) is 5.41 Å². The first-order chi connectivity index (χ1) is 10.0. The monoisotopic (exact) mass is 320 g/mol. The molecule has 0 radical (unpaired) electrons. The average molecular weight is 321 g/mol. The maximum absolute atomic E-state index is 6.66. The molecule has 0 aliphatic heterocycles. The lowest BCUT2D eigenvalue weighted by Gasteiger charge is -2.42. The van der Waals surface area contributed by atoms with E-state index in [1.807, 2.05) is 0 Å². The van der Waals surface area contributed by atoms with Gasteiger partial charge in [0.05, 0.1) is 6.61 Å². The van der Waals surface area contributed by atoms with E-state index >= 15 is 0 Å². The average Bonchev–Trinajstić information content (AvgIpc) is 2.37. The molecule has 0 amide bonds. The number of hydrogen-bond acceptors (Lipinski definition) is 1. The molecule has 0 unspecified atom stereocenters. The van der Waals surface area contributed by atoms with Gasteiger partial charge in [0.2, 0.25) is 8.32 Å². The molecule has 1 rings (SSSR count). The molecule has 0 atom stereocenters. The summed E-state index contributed by atoms with van der Waals surface area (Å²) in [6, 6.07) is 8.98. The fourth-order valence-electron chi connectivity index (χ4n) is 3.81. The summed E-state index contributed by atoms with van der Waals surface area (Å²) in [5.41, 5.74) is 4.82. The highest BCUT2D eigenvalue weighted by atomic mass is 28.4. The molecule has 0 heterocycles. The molecule has 0 N–H and O–H groups in total. The van der Waals surface area contributed by atoms with Crippen molar-refractivity contribution < 1.29 is 4.43 Å². The van der Waals surface area contributed by atoms with Crippen LogP contribution in [0, 0.1) is 0 Å². The molecule has 0 bridgehead atoms. The van der Waals surface area contributed by atoms with Crippen LogP contribution in [0.3, 0.4) is 0 Å². The molecule has 0 aliphatic rings. The third-order valence-electron chi connectivity index (χ3n) is 5.02. The van der Waals surface area contributed by atoms with Crippen LogP contribution in [-0.4, -0.2) is 8.32 Å². The smallest absolute Gasteiger partial charge is 0.200 e. The van der Waals surface area contributed by atoms with E-state index in [1.54, 1.807) is 0 Å². The van der Waals surface area contributed by atoms with E-state index in [0.717, 1.165) is 6.61 Å². The standard InChI is InChI=1S/C20H36OSi/c1-15(2)22(16(3)4,17(5)6)21-14-18-10-12-19(13-11-18)20(7,8)9/h10-13,15-17H,14H2,1-9H3. The van der Waals surface area contributed by atoms with Crippen LogP contribution in [0.5, 0.6) is 0 Å². The van der Waals surface area contributed by atoms with Crippen molar-refractivity contribution >= 4 is 8.32 Å². The van der Waals surface area contributed by atoms with Gasteiger partial charge in [-0.1, -0.05) is 86.6 Å². The SMILES string of the molecule is CC(C)[Si](OCc1ccc(C(C)(C)C)cc1)(C(C)C)C(C)C. The third kappa shape index (κ3) is 4.23. The van der Waals surface area contributed by atoms with Gasteiger partial charge in [-0.2, -0.15) is 0 Å². The first kappa shape index (κ1) is 19.4. The van der Waals surface area contributed by atoms with Gasteiger partial charge in [0.25, 0.3) is 0 Å². The fraction of sp³-hybridized carbons (Fsp3) is 0.700. The van der Waals surface area contributed by atoms with Crippen molar-refractivity contribution in [1.29, 1.82) is 0 Å². The Hall–Kier alpha value is -0.603. The summed E-state index contributed by atoms with van der Waals surface area (Å²) in [4.78, 5) is 0. The molecule has 0 saturated heterocycles. The second-order valence-electron chi connectivity index (χ2n) is 8.55. The van der Waals surface area contributed by atoms with Gasteiger partial charge >= 0.3 is 0 Å². The number of benzene rings is 1. The van der Waals surface area contributed by atoms with Crippen LogP contribution in [-0.2, 0) is 16.4 Å². The van der Waals surface area contributed by atoms with Gasteiger partial charge in [-0.25, -0.2) is 0 Å². The van der Waals surface area contributed by atoms with Crippen molar-refractivity contribution in [2.45, 2.75) is 91.0 Å². The first-order valence-electron chi connectivity index (χ1n) is 8.75. The largest absolute Gasteiger partial charge is 0.412 e. The molecular weight excluding hydrogens is 284 g/mol. The highest BCUT2D eigenvalue weighted by Crippen LogP contribution is 2.42. The zero-order chi connectivity index (χ0) is 17.1. The Morgan fingerprint density at radius 3 is 1.55 bits per heavy atom. The Morgan fingerprint density at radius 2 is 1.23 bits per heavy atom. The summed E-state index contributed by atoms with van der Waals surface area (Å²) >= 11 is 0. The highest BCUT2D eigenvalue weighted by Gasteiger charge is 2.44. The zero-order valence-electron chi connectivity index (χ0n) is 16.2. The molecule has 1 nitrogen and oxygen atoms in total. The van der Waals surface area contributed by atoms with E-state index in [4.69, 9.17) is 4.43 Å². The lowest BCUT2D eigenvalue weighted by atomic mass is 9.87. The van der Waals surface area contributed by atoms with Crippen LogP contribution < -0.4 is 0 Å². The summed E-state index contributed by atoms with van der Waals surface area (Å²) < 4.78 is 6.66. The summed E-state index contributed by atoms with van der Waals surface area (Å²) in [7, 11) is -1.76. The minimum Gasteiger partial charge on any atom is -0.412 e. The van der Waals surface area contributed by atoms with Crippen molar-refractivity contribution in [3.05, 3.63) is 35.4 Å². The number of hydrogen-bond donors (Lipinski definition) is 0. The molecule has 22 heavy (non-hydrogen) atoms. The maximum atomic E-state index is 6.66. The van der Waals surface area contributed by atoms with E-state index < -0.39 is 8.32 Å². The molecule has 0 saturated carbocycles. The van der Waals surface area contributed by atoms with Crippen LogP contribution in [0.1, 0.15) is 73.4 Å². The van der Waals surface area contributed by atoms with Gasteiger partial charge in [0, 0.05) is 0 Å². The molecule has 2 heteroatoms. The van der Waals surface area contributed by atoms with Crippen molar-refractivity contribution in [1.82, 2.24) is 0 Å². The Morgan fingerprint density at radius 1 is 0.818 bits per heavy atom. The normalized spacial score (nSPS) is 13.5. The predicted octanol–water partition coefficient (Wildman–Crippen LogP) is 6.68. The Bertz CT molecular complexity index is 430. The summed E-state index contributed by atoms with van der Waals surface area (Å²) in [6.07, 6.45) is 0. The quantitative estimate of drug-likeness (QED) is 0.531. The summed E-state index contributed by atoms with van der Waals surface area (Å²) in [6.45, 7) is 21.6. The minimum atomic E-state index is -1.76. The second kappa shape index (κ2) is 7.31. The van der Waals surface area contributed by atoms with Gasteiger partial charge < -0.3 is 4.43 Å². The van der Waals surface area contributed by atoms with Gasteiger partial charge in [-0.05, 0) is 33.2 Å². The van der Waals surface area contributed by atoms with Crippen molar-refractivity contribution in [2.75, 3.05) is 0 Å². The molecule has 0 fully saturated rings. The van der Waals surface area contributed by atoms with Crippen LogP contribution in [0.4, 0.5) is 0 Å². The van der Waals surface area contributed by atoms with Crippen LogP contribution >= 0.6 is 0 Å². The predicted molar refractivity (Wildman–Crippen MR) is 101 cm³/mol. The molecule has 1 aromatic carbocycles. The Balaban J connectivity index is 2.90. The van der Waals surface area contributed by atoms with Gasteiger partial charge in [-0.3, -0.25) is 0 Å².